The number of benzene rings is 3. The third-order valence-corrected chi connectivity index (χ3v) is 6.70. The molecule has 202 valence electrons. The summed E-state index contributed by atoms with van der Waals surface area (Å²) in [6.07, 6.45) is 2.25. The molecule has 0 aliphatic carbocycles. The van der Waals surface area contributed by atoms with Gasteiger partial charge in [0.05, 0.1) is 0 Å². The van der Waals surface area contributed by atoms with E-state index in [0.717, 1.165) is 24.0 Å². The van der Waals surface area contributed by atoms with Crippen LogP contribution < -0.4 is 10.1 Å². The van der Waals surface area contributed by atoms with Gasteiger partial charge >= 0.3 is 0 Å². The molecule has 1 N–H and O–H groups in total. The summed E-state index contributed by atoms with van der Waals surface area (Å²) in [6.45, 7) is 9.20. The molecular weight excluding hydrogens is 496 g/mol. The van der Waals surface area contributed by atoms with Crippen molar-refractivity contribution in [3.8, 4) is 5.75 Å². The molecule has 0 saturated heterocycles. The van der Waals surface area contributed by atoms with Crippen molar-refractivity contribution in [2.75, 3.05) is 13.2 Å². The fourth-order valence-electron chi connectivity index (χ4n) is 4.13. The Labute approximate surface area is 232 Å². The van der Waals surface area contributed by atoms with Gasteiger partial charge in [-0.1, -0.05) is 100 Å². The molecule has 2 amide bonds. The molecule has 6 heteroatoms. The number of hydrogen-bond acceptors (Lipinski definition) is 3. The van der Waals surface area contributed by atoms with E-state index >= 15 is 0 Å². The van der Waals surface area contributed by atoms with Crippen molar-refractivity contribution in [2.24, 2.45) is 0 Å². The van der Waals surface area contributed by atoms with Crippen LogP contribution in [0, 0.1) is 0 Å². The number of nitrogens with one attached hydrogen (secondary N) is 1. The normalized spacial score (nSPS) is 12.0. The zero-order chi connectivity index (χ0) is 27.5. The van der Waals surface area contributed by atoms with Crippen LogP contribution in [0.15, 0.2) is 78.9 Å². The second kappa shape index (κ2) is 14.0. The Morgan fingerprint density at radius 2 is 1.58 bits per heavy atom. The van der Waals surface area contributed by atoms with Gasteiger partial charge in [0.25, 0.3) is 5.91 Å². The summed E-state index contributed by atoms with van der Waals surface area (Å²) in [4.78, 5) is 28.8. The molecule has 5 nitrogen and oxygen atoms in total. The zero-order valence-electron chi connectivity index (χ0n) is 22.9. The molecule has 0 unspecified atom stereocenters. The Morgan fingerprint density at radius 1 is 0.921 bits per heavy atom. The molecule has 0 aliphatic rings. The molecule has 3 rings (SSSR count). The number of ether oxygens (including phenoxy) is 1. The number of hydrogen-bond donors (Lipinski definition) is 1. The van der Waals surface area contributed by atoms with E-state index in [0.29, 0.717) is 23.7 Å². The first-order chi connectivity index (χ1) is 18.2. The third-order valence-electron chi connectivity index (χ3n) is 6.45. The average Bonchev–Trinajstić information content (AvgIpc) is 2.90. The second-order valence-corrected chi connectivity index (χ2v) is 11.0. The fourth-order valence-corrected chi connectivity index (χ4v) is 4.25. The summed E-state index contributed by atoms with van der Waals surface area (Å²) in [5.41, 5.74) is 3.08. The van der Waals surface area contributed by atoms with Crippen LogP contribution in [-0.2, 0) is 28.0 Å². The standard InChI is InChI=1S/C32H39ClN2O3/c1-5-6-20-34-31(37)29(21-24-10-8-7-9-11-24)35(22-25-12-16-27(33)17-13-25)30(36)23-38-28-18-14-26(15-19-28)32(2,3)4/h7-19,29H,5-6,20-23H2,1-4H3,(H,34,37)/t29-/m0/s1. The fraction of sp³-hybridized carbons (Fsp3) is 0.375. The van der Waals surface area contributed by atoms with E-state index in [2.05, 4.69) is 33.0 Å². The minimum absolute atomic E-state index is 0.0273. The number of unbranched alkanes of at least 4 members (excludes halogenated alkanes) is 1. The lowest BCUT2D eigenvalue weighted by Crippen LogP contribution is -2.51. The summed E-state index contributed by atoms with van der Waals surface area (Å²) in [5.74, 6) is 0.190. The summed E-state index contributed by atoms with van der Waals surface area (Å²) < 4.78 is 5.91. The largest absolute Gasteiger partial charge is 0.484 e. The van der Waals surface area contributed by atoms with E-state index < -0.39 is 6.04 Å². The number of carbonyl (C=O) groups is 2. The highest BCUT2D eigenvalue weighted by molar-refractivity contribution is 6.30. The molecule has 38 heavy (non-hydrogen) atoms. The van der Waals surface area contributed by atoms with E-state index in [1.165, 1.54) is 5.56 Å². The first-order valence-electron chi connectivity index (χ1n) is 13.3. The monoisotopic (exact) mass is 534 g/mol. The predicted octanol–water partition coefficient (Wildman–Crippen LogP) is 6.57. The molecule has 0 aliphatic heterocycles. The van der Waals surface area contributed by atoms with Crippen molar-refractivity contribution in [3.63, 3.8) is 0 Å². The summed E-state index contributed by atoms with van der Waals surface area (Å²) >= 11 is 6.09. The van der Waals surface area contributed by atoms with Gasteiger partial charge < -0.3 is 15.0 Å². The molecule has 1 atom stereocenters. The van der Waals surface area contributed by atoms with Gasteiger partial charge in [-0.25, -0.2) is 0 Å². The van der Waals surface area contributed by atoms with E-state index in [4.69, 9.17) is 16.3 Å². The van der Waals surface area contributed by atoms with Crippen molar-refractivity contribution in [1.82, 2.24) is 10.2 Å². The minimum Gasteiger partial charge on any atom is -0.484 e. The highest BCUT2D eigenvalue weighted by Gasteiger charge is 2.30. The maximum atomic E-state index is 13.7. The molecule has 3 aromatic carbocycles. The lowest BCUT2D eigenvalue weighted by molar-refractivity contribution is -0.142. The molecule has 0 radical (unpaired) electrons. The summed E-state index contributed by atoms with van der Waals surface area (Å²) in [6, 6.07) is 24.2. The van der Waals surface area contributed by atoms with Gasteiger partial charge in [0.15, 0.2) is 6.61 Å². The SMILES string of the molecule is CCCCNC(=O)[C@H](Cc1ccccc1)N(Cc1ccc(Cl)cc1)C(=O)COc1ccc(C(C)(C)C)cc1. The smallest absolute Gasteiger partial charge is 0.261 e. The van der Waals surface area contributed by atoms with E-state index in [-0.39, 0.29) is 30.4 Å². The molecule has 0 spiro atoms. The minimum atomic E-state index is -0.690. The van der Waals surface area contributed by atoms with Crippen molar-refractivity contribution in [2.45, 2.75) is 65.0 Å². The average molecular weight is 535 g/mol. The van der Waals surface area contributed by atoms with Crippen molar-refractivity contribution < 1.29 is 14.3 Å². The van der Waals surface area contributed by atoms with Crippen molar-refractivity contribution in [3.05, 3.63) is 101 Å². The third kappa shape index (κ3) is 8.91. The van der Waals surface area contributed by atoms with Gasteiger partial charge in [0.1, 0.15) is 11.8 Å². The molecule has 0 bridgehead atoms. The van der Waals surface area contributed by atoms with Crippen molar-refractivity contribution in [1.29, 1.82) is 0 Å². The first-order valence-corrected chi connectivity index (χ1v) is 13.6. The molecule has 0 heterocycles. The van der Waals surface area contributed by atoms with Gasteiger partial charge in [-0.3, -0.25) is 9.59 Å². The van der Waals surface area contributed by atoms with Crippen LogP contribution in [0.4, 0.5) is 0 Å². The Hall–Kier alpha value is -3.31. The van der Waals surface area contributed by atoms with Crippen LogP contribution in [0.3, 0.4) is 0 Å². The number of rotatable bonds is 12. The molecular formula is C32H39ClN2O3. The maximum Gasteiger partial charge on any atom is 0.261 e. The molecule has 0 saturated carbocycles. The van der Waals surface area contributed by atoms with E-state index in [1.807, 2.05) is 66.7 Å². The lowest BCUT2D eigenvalue weighted by atomic mass is 9.87. The first kappa shape index (κ1) is 29.2. The number of halogens is 1. The number of amides is 2. The van der Waals surface area contributed by atoms with Gasteiger partial charge in [0.2, 0.25) is 5.91 Å². The van der Waals surface area contributed by atoms with Gasteiger partial charge in [-0.2, -0.15) is 0 Å². The quantitative estimate of drug-likeness (QED) is 0.267. The van der Waals surface area contributed by atoms with Crippen LogP contribution >= 0.6 is 11.6 Å². The Balaban J connectivity index is 1.85. The van der Waals surface area contributed by atoms with E-state index in [1.54, 1.807) is 17.0 Å². The maximum absolute atomic E-state index is 13.7. The number of carbonyl (C=O) groups excluding carboxylic acids is 2. The van der Waals surface area contributed by atoms with Crippen molar-refractivity contribution >= 4 is 23.4 Å². The highest BCUT2D eigenvalue weighted by Crippen LogP contribution is 2.24. The lowest BCUT2D eigenvalue weighted by Gasteiger charge is -2.31. The van der Waals surface area contributed by atoms with Crippen LogP contribution in [-0.4, -0.2) is 35.9 Å². The topological polar surface area (TPSA) is 58.6 Å². The highest BCUT2D eigenvalue weighted by atomic mass is 35.5. The van der Waals surface area contributed by atoms with Crippen LogP contribution in [0.1, 0.15) is 57.2 Å². The van der Waals surface area contributed by atoms with Crippen LogP contribution in [0.25, 0.3) is 0 Å². The number of nitrogens with zero attached hydrogens (tertiary/aromatic N) is 1. The van der Waals surface area contributed by atoms with E-state index in [9.17, 15) is 9.59 Å². The van der Waals surface area contributed by atoms with Crippen LogP contribution in [0.5, 0.6) is 5.75 Å². The van der Waals surface area contributed by atoms with Gasteiger partial charge in [-0.15, -0.1) is 0 Å². The molecule has 0 aromatic heterocycles. The zero-order valence-corrected chi connectivity index (χ0v) is 23.6. The Morgan fingerprint density at radius 3 is 2.18 bits per heavy atom. The summed E-state index contributed by atoms with van der Waals surface area (Å²) in [7, 11) is 0. The van der Waals surface area contributed by atoms with Gasteiger partial charge in [0, 0.05) is 24.5 Å². The van der Waals surface area contributed by atoms with Gasteiger partial charge in [-0.05, 0) is 52.8 Å². The Kier molecular flexibility index (Phi) is 10.8. The second-order valence-electron chi connectivity index (χ2n) is 10.6. The van der Waals surface area contributed by atoms with Crippen LogP contribution in [0.2, 0.25) is 5.02 Å². The summed E-state index contributed by atoms with van der Waals surface area (Å²) in [5, 5.41) is 3.65. The Bertz CT molecular complexity index is 1160. The predicted molar refractivity (Wildman–Crippen MR) is 154 cm³/mol. The molecule has 0 fully saturated rings. The molecule has 3 aromatic rings.